The molecule has 3 aromatic carbocycles. The molecule has 1 aliphatic rings. The highest BCUT2D eigenvalue weighted by Gasteiger charge is 2.30. The Labute approximate surface area is 244 Å². The molecule has 9 nitrogen and oxygen atoms in total. The van der Waals surface area contributed by atoms with E-state index < -0.39 is 10.9 Å². The Hall–Kier alpha value is -4.61. The number of rotatable bonds is 7. The molecular formula is C30H24N4O5S2. The number of hydrogen-bond acceptors (Lipinski definition) is 7. The van der Waals surface area contributed by atoms with Gasteiger partial charge in [-0.05, 0) is 104 Å². The first kappa shape index (κ1) is 27.9. The molecule has 0 unspecified atom stereocenters. The number of amides is 1. The molecular weight excluding hydrogens is 560 g/mol. The Bertz CT molecular complexity index is 1720. The first-order chi connectivity index (χ1) is 19.6. The van der Waals surface area contributed by atoms with Crippen molar-refractivity contribution in [3.8, 4) is 5.69 Å². The van der Waals surface area contributed by atoms with Gasteiger partial charge < -0.3 is 9.67 Å². The van der Waals surface area contributed by atoms with E-state index in [2.05, 4.69) is 9.56 Å². The van der Waals surface area contributed by atoms with Crippen LogP contribution in [0.2, 0.25) is 0 Å². The van der Waals surface area contributed by atoms with Gasteiger partial charge in [0.25, 0.3) is 11.6 Å². The molecule has 1 fully saturated rings. The average molecular weight is 585 g/mol. The topological polar surface area (TPSA) is 118 Å². The summed E-state index contributed by atoms with van der Waals surface area (Å²) in [6.45, 7) is 4.02. The van der Waals surface area contributed by atoms with E-state index in [1.807, 2.05) is 50.3 Å². The number of hydrogen-bond donors (Lipinski definition) is 1. The second kappa shape index (κ2) is 11.5. The Balaban J connectivity index is 1.35. The lowest BCUT2D eigenvalue weighted by Gasteiger charge is -2.11. The fourth-order valence-corrected chi connectivity index (χ4v) is 6.14. The van der Waals surface area contributed by atoms with Crippen molar-refractivity contribution in [2.45, 2.75) is 23.6 Å². The Morgan fingerprint density at radius 3 is 2.20 bits per heavy atom. The molecule has 11 heteroatoms. The zero-order chi connectivity index (χ0) is 29.3. The fourth-order valence-electron chi connectivity index (χ4n) is 4.35. The largest absolute Gasteiger partial charge is 0.478 e. The second-order valence-corrected chi connectivity index (χ2v) is 11.4. The van der Waals surface area contributed by atoms with Crippen molar-refractivity contribution in [1.29, 1.82) is 0 Å². The van der Waals surface area contributed by atoms with Crippen molar-refractivity contribution in [3.05, 3.63) is 116 Å². The molecule has 1 N–H and O–H groups in total. The number of carboxylic acid groups (broad SMARTS) is 1. The summed E-state index contributed by atoms with van der Waals surface area (Å²) in [4.78, 5) is 43.1. The van der Waals surface area contributed by atoms with Gasteiger partial charge in [0.2, 0.25) is 0 Å². The first-order valence-electron chi connectivity index (χ1n) is 12.4. The third-order valence-electron chi connectivity index (χ3n) is 6.48. The standard InChI is InChI=1S/C30H24N4O5S2/c1-18-16-21(17-27-28(35)32(3)30(41-27)31-22-6-4-20(5-7-22)29(36)37)19(2)33(18)23-8-12-25(13-9-23)40-26-14-10-24(11-15-26)34(38)39/h4-17H,1-3H3,(H,36,37)/b27-17-,31-30?. The quantitative estimate of drug-likeness (QED) is 0.140. The predicted molar refractivity (Wildman–Crippen MR) is 161 cm³/mol. The SMILES string of the molecule is Cc1cc(/C=C2\SC(=Nc3ccc(C(=O)O)cc3)N(C)C2=O)c(C)n1-c1ccc(Sc2ccc([N+](=O)[O-])cc2)cc1. The van der Waals surface area contributed by atoms with Gasteiger partial charge in [-0.25, -0.2) is 9.79 Å². The van der Waals surface area contributed by atoms with Crippen molar-refractivity contribution in [2.24, 2.45) is 4.99 Å². The molecule has 41 heavy (non-hydrogen) atoms. The molecule has 206 valence electrons. The van der Waals surface area contributed by atoms with E-state index in [4.69, 9.17) is 5.11 Å². The molecule has 4 aromatic rings. The van der Waals surface area contributed by atoms with Gasteiger partial charge in [-0.15, -0.1) is 0 Å². The molecule has 0 spiro atoms. The van der Waals surface area contributed by atoms with E-state index in [-0.39, 0.29) is 17.2 Å². The van der Waals surface area contributed by atoms with Crippen molar-refractivity contribution in [1.82, 2.24) is 9.47 Å². The monoisotopic (exact) mass is 584 g/mol. The zero-order valence-corrected chi connectivity index (χ0v) is 23.9. The van der Waals surface area contributed by atoms with Crippen LogP contribution >= 0.6 is 23.5 Å². The average Bonchev–Trinajstić information content (AvgIpc) is 3.38. The lowest BCUT2D eigenvalue weighted by molar-refractivity contribution is -0.384. The van der Waals surface area contributed by atoms with Crippen molar-refractivity contribution in [3.63, 3.8) is 0 Å². The minimum Gasteiger partial charge on any atom is -0.478 e. The molecule has 1 saturated heterocycles. The summed E-state index contributed by atoms with van der Waals surface area (Å²) in [6.07, 6.45) is 1.87. The fraction of sp³-hybridized carbons (Fsp3) is 0.100. The van der Waals surface area contributed by atoms with Gasteiger partial charge >= 0.3 is 5.97 Å². The number of amidine groups is 1. The van der Waals surface area contributed by atoms with E-state index >= 15 is 0 Å². The van der Waals surface area contributed by atoms with Gasteiger partial charge in [-0.1, -0.05) is 11.8 Å². The maximum atomic E-state index is 13.0. The summed E-state index contributed by atoms with van der Waals surface area (Å²) in [6, 6.07) is 22.8. The van der Waals surface area contributed by atoms with Gasteiger partial charge in [0.1, 0.15) is 0 Å². The summed E-state index contributed by atoms with van der Waals surface area (Å²) >= 11 is 2.80. The number of carbonyl (C=O) groups is 2. The summed E-state index contributed by atoms with van der Waals surface area (Å²) in [5, 5.41) is 20.5. The number of benzene rings is 3. The van der Waals surface area contributed by atoms with Gasteiger partial charge in [0.15, 0.2) is 5.17 Å². The van der Waals surface area contributed by atoms with Crippen molar-refractivity contribution >= 4 is 58.0 Å². The summed E-state index contributed by atoms with van der Waals surface area (Å²) in [7, 11) is 1.67. The minimum atomic E-state index is -1.01. The number of aromatic carboxylic acids is 1. The Kier molecular flexibility index (Phi) is 7.82. The lowest BCUT2D eigenvalue weighted by atomic mass is 10.2. The number of aromatic nitrogens is 1. The highest BCUT2D eigenvalue weighted by Crippen LogP contribution is 2.35. The summed E-state index contributed by atoms with van der Waals surface area (Å²) in [5.74, 6) is -1.17. The smallest absolute Gasteiger partial charge is 0.335 e. The number of aryl methyl sites for hydroxylation is 1. The van der Waals surface area contributed by atoms with Crippen LogP contribution in [0.1, 0.15) is 27.3 Å². The van der Waals surface area contributed by atoms with E-state index in [1.165, 1.54) is 52.7 Å². The van der Waals surface area contributed by atoms with Crippen LogP contribution in [0.5, 0.6) is 0 Å². The number of nitro benzene ring substituents is 1. The maximum absolute atomic E-state index is 13.0. The number of carbonyl (C=O) groups excluding carboxylic acids is 1. The van der Waals surface area contributed by atoms with Gasteiger partial charge in [-0.2, -0.15) is 0 Å². The molecule has 1 aromatic heterocycles. The molecule has 2 heterocycles. The molecule has 0 radical (unpaired) electrons. The number of aliphatic imine (C=N–C) groups is 1. The summed E-state index contributed by atoms with van der Waals surface area (Å²) in [5.41, 5.74) is 4.69. The molecule has 0 atom stereocenters. The van der Waals surface area contributed by atoms with E-state index in [0.29, 0.717) is 15.8 Å². The normalized spacial score (nSPS) is 15.2. The van der Waals surface area contributed by atoms with Crippen LogP contribution in [0.15, 0.2) is 98.6 Å². The molecule has 0 aliphatic carbocycles. The number of likely N-dealkylation sites (N-methyl/N-ethyl adjacent to an activating group) is 1. The van der Waals surface area contributed by atoms with E-state index in [9.17, 15) is 19.7 Å². The number of carboxylic acids is 1. The van der Waals surface area contributed by atoms with Crippen LogP contribution in [0.25, 0.3) is 11.8 Å². The Morgan fingerprint density at radius 1 is 1.00 bits per heavy atom. The van der Waals surface area contributed by atoms with E-state index in [0.717, 1.165) is 32.4 Å². The van der Waals surface area contributed by atoms with Crippen LogP contribution in [0.3, 0.4) is 0 Å². The molecule has 0 saturated carbocycles. The summed E-state index contributed by atoms with van der Waals surface area (Å²) < 4.78 is 2.12. The van der Waals surface area contributed by atoms with Crippen LogP contribution in [0.4, 0.5) is 11.4 Å². The molecule has 5 rings (SSSR count). The van der Waals surface area contributed by atoms with Gasteiger partial charge in [-0.3, -0.25) is 19.8 Å². The minimum absolute atomic E-state index is 0.0640. The first-order valence-corrected chi connectivity index (χ1v) is 14.1. The van der Waals surface area contributed by atoms with Crippen molar-refractivity contribution < 1.29 is 19.6 Å². The molecule has 1 aliphatic heterocycles. The van der Waals surface area contributed by atoms with Gasteiger partial charge in [0.05, 0.1) is 21.1 Å². The predicted octanol–water partition coefficient (Wildman–Crippen LogP) is 7.09. The van der Waals surface area contributed by atoms with Crippen LogP contribution in [0, 0.1) is 24.0 Å². The number of non-ortho nitro benzene ring substituents is 1. The third kappa shape index (κ3) is 5.96. The second-order valence-electron chi connectivity index (χ2n) is 9.23. The van der Waals surface area contributed by atoms with Gasteiger partial charge in [0, 0.05) is 46.0 Å². The molecule has 1 amide bonds. The van der Waals surface area contributed by atoms with Crippen LogP contribution < -0.4 is 0 Å². The highest BCUT2D eigenvalue weighted by molar-refractivity contribution is 8.18. The van der Waals surface area contributed by atoms with Crippen molar-refractivity contribution in [2.75, 3.05) is 7.05 Å². The van der Waals surface area contributed by atoms with Crippen LogP contribution in [-0.4, -0.2) is 43.6 Å². The lowest BCUT2D eigenvalue weighted by Crippen LogP contribution is -2.23. The number of nitrogens with zero attached hydrogens (tertiary/aromatic N) is 4. The maximum Gasteiger partial charge on any atom is 0.335 e. The third-order valence-corrected chi connectivity index (χ3v) is 8.55. The number of thioether (sulfide) groups is 1. The molecule has 0 bridgehead atoms. The zero-order valence-electron chi connectivity index (χ0n) is 22.3. The number of nitro groups is 1. The van der Waals surface area contributed by atoms with Crippen LogP contribution in [-0.2, 0) is 4.79 Å². The Morgan fingerprint density at radius 2 is 1.61 bits per heavy atom. The highest BCUT2D eigenvalue weighted by atomic mass is 32.2. The van der Waals surface area contributed by atoms with E-state index in [1.54, 1.807) is 31.3 Å².